The topological polar surface area (TPSA) is 60.8 Å². The molecule has 0 atom stereocenters. The molecule has 0 heterocycles. The molecule has 2 N–H and O–H groups in total. The number of aromatic hydroxyl groups is 2. The molecule has 0 spiro atoms. The second-order valence-electron chi connectivity index (χ2n) is 4.88. The molecule has 0 aliphatic heterocycles. The van der Waals surface area contributed by atoms with Crippen molar-refractivity contribution in [3.05, 3.63) is 59.7 Å². The predicted octanol–water partition coefficient (Wildman–Crippen LogP) is 3.06. The molecular formula is C17H17NO3. The molecule has 0 aromatic heterocycles. The summed E-state index contributed by atoms with van der Waals surface area (Å²) in [6.07, 6.45) is 2.86. The Morgan fingerprint density at radius 2 is 1.71 bits per heavy atom. The first kappa shape index (κ1) is 14.7. The lowest BCUT2D eigenvalue weighted by atomic mass is 10.1. The standard InChI is InChI=1S/C17H17NO3/c1-18(2)14-6-3-12(4-7-14)16(20)9-5-13-11-15(19)8-10-17(13)21/h3-11,19,21H,1-2H3/b9-5-. The van der Waals surface area contributed by atoms with Crippen molar-refractivity contribution in [2.24, 2.45) is 0 Å². The number of carbonyl (C=O) groups is 1. The second kappa shape index (κ2) is 6.13. The molecule has 4 nitrogen and oxygen atoms in total. The fourth-order valence-electron chi connectivity index (χ4n) is 1.86. The molecule has 2 aromatic carbocycles. The molecule has 108 valence electrons. The maximum absolute atomic E-state index is 12.1. The normalized spacial score (nSPS) is 10.8. The molecule has 0 bridgehead atoms. The fourth-order valence-corrected chi connectivity index (χ4v) is 1.86. The largest absolute Gasteiger partial charge is 0.508 e. The summed E-state index contributed by atoms with van der Waals surface area (Å²) in [5.41, 5.74) is 1.98. The smallest absolute Gasteiger partial charge is 0.185 e. The van der Waals surface area contributed by atoms with Crippen LogP contribution in [0.4, 0.5) is 5.69 Å². The number of phenols is 2. The zero-order valence-electron chi connectivity index (χ0n) is 11.9. The Morgan fingerprint density at radius 1 is 1.05 bits per heavy atom. The van der Waals surface area contributed by atoms with Crippen LogP contribution in [0.3, 0.4) is 0 Å². The third-order valence-corrected chi connectivity index (χ3v) is 3.09. The number of carbonyl (C=O) groups excluding carboxylic acids is 1. The van der Waals surface area contributed by atoms with Crippen LogP contribution in [0.5, 0.6) is 11.5 Å². The van der Waals surface area contributed by atoms with Crippen molar-refractivity contribution in [1.82, 2.24) is 0 Å². The van der Waals surface area contributed by atoms with Gasteiger partial charge in [0.15, 0.2) is 5.78 Å². The summed E-state index contributed by atoms with van der Waals surface area (Å²) < 4.78 is 0. The summed E-state index contributed by atoms with van der Waals surface area (Å²) in [7, 11) is 3.86. The van der Waals surface area contributed by atoms with Crippen molar-refractivity contribution in [3.8, 4) is 11.5 Å². The molecule has 0 amide bonds. The van der Waals surface area contributed by atoms with Gasteiger partial charge in [-0.3, -0.25) is 4.79 Å². The first-order chi connectivity index (χ1) is 9.97. The zero-order valence-corrected chi connectivity index (χ0v) is 11.9. The summed E-state index contributed by atoms with van der Waals surface area (Å²) in [6, 6.07) is 11.4. The summed E-state index contributed by atoms with van der Waals surface area (Å²) in [6.45, 7) is 0. The Bertz CT molecular complexity index is 673. The molecule has 0 aliphatic carbocycles. The van der Waals surface area contributed by atoms with Gasteiger partial charge < -0.3 is 15.1 Å². The Balaban J connectivity index is 2.17. The van der Waals surface area contributed by atoms with E-state index in [-0.39, 0.29) is 17.3 Å². The van der Waals surface area contributed by atoms with E-state index in [0.29, 0.717) is 11.1 Å². The highest BCUT2D eigenvalue weighted by Gasteiger charge is 2.04. The Labute approximate surface area is 123 Å². The zero-order chi connectivity index (χ0) is 15.4. The van der Waals surface area contributed by atoms with Gasteiger partial charge in [-0.15, -0.1) is 0 Å². The average molecular weight is 283 g/mol. The van der Waals surface area contributed by atoms with Gasteiger partial charge in [-0.1, -0.05) is 0 Å². The van der Waals surface area contributed by atoms with Gasteiger partial charge in [0.25, 0.3) is 0 Å². The van der Waals surface area contributed by atoms with Gasteiger partial charge in [-0.25, -0.2) is 0 Å². The van der Waals surface area contributed by atoms with Crippen LogP contribution < -0.4 is 4.90 Å². The summed E-state index contributed by atoms with van der Waals surface area (Å²) in [4.78, 5) is 14.0. The van der Waals surface area contributed by atoms with Crippen LogP contribution in [0.25, 0.3) is 6.08 Å². The lowest BCUT2D eigenvalue weighted by Gasteiger charge is -2.11. The van der Waals surface area contributed by atoms with Crippen molar-refractivity contribution >= 4 is 17.5 Å². The molecule has 0 saturated heterocycles. The van der Waals surface area contributed by atoms with E-state index >= 15 is 0 Å². The van der Waals surface area contributed by atoms with Crippen LogP contribution in [-0.2, 0) is 0 Å². The maximum Gasteiger partial charge on any atom is 0.185 e. The van der Waals surface area contributed by atoms with Crippen LogP contribution in [-0.4, -0.2) is 30.1 Å². The number of benzene rings is 2. The van der Waals surface area contributed by atoms with E-state index in [2.05, 4.69) is 0 Å². The van der Waals surface area contributed by atoms with E-state index in [1.807, 2.05) is 31.1 Å². The van der Waals surface area contributed by atoms with Crippen LogP contribution in [0.15, 0.2) is 48.5 Å². The van der Waals surface area contributed by atoms with Gasteiger partial charge in [-0.05, 0) is 54.6 Å². The van der Waals surface area contributed by atoms with E-state index < -0.39 is 0 Å². The number of hydrogen-bond donors (Lipinski definition) is 2. The first-order valence-electron chi connectivity index (χ1n) is 6.49. The second-order valence-corrected chi connectivity index (χ2v) is 4.88. The minimum absolute atomic E-state index is 0.0137. The van der Waals surface area contributed by atoms with Gasteiger partial charge in [-0.2, -0.15) is 0 Å². The van der Waals surface area contributed by atoms with Crippen molar-refractivity contribution in [1.29, 1.82) is 0 Å². The van der Waals surface area contributed by atoms with E-state index in [1.165, 1.54) is 30.4 Å². The van der Waals surface area contributed by atoms with Crippen molar-refractivity contribution in [3.63, 3.8) is 0 Å². The number of anilines is 1. The Kier molecular flexibility index (Phi) is 4.28. The summed E-state index contributed by atoms with van der Waals surface area (Å²) in [5.74, 6) is -0.113. The van der Waals surface area contributed by atoms with Crippen molar-refractivity contribution in [2.45, 2.75) is 0 Å². The molecule has 0 aliphatic rings. The molecule has 2 rings (SSSR count). The molecule has 0 fully saturated rings. The number of hydrogen-bond acceptors (Lipinski definition) is 4. The van der Waals surface area contributed by atoms with Gasteiger partial charge in [0, 0.05) is 30.9 Å². The van der Waals surface area contributed by atoms with E-state index in [1.54, 1.807) is 12.1 Å². The maximum atomic E-state index is 12.1. The number of rotatable bonds is 4. The third kappa shape index (κ3) is 3.63. The third-order valence-electron chi connectivity index (χ3n) is 3.09. The fraction of sp³-hybridized carbons (Fsp3) is 0.118. The number of phenolic OH excluding ortho intramolecular Hbond substituents is 2. The molecule has 2 aromatic rings. The van der Waals surface area contributed by atoms with Crippen LogP contribution in [0.2, 0.25) is 0 Å². The van der Waals surface area contributed by atoms with E-state index in [9.17, 15) is 15.0 Å². The molecular weight excluding hydrogens is 266 g/mol. The lowest BCUT2D eigenvalue weighted by molar-refractivity contribution is 0.104. The van der Waals surface area contributed by atoms with E-state index in [4.69, 9.17) is 0 Å². The van der Waals surface area contributed by atoms with Gasteiger partial charge >= 0.3 is 0 Å². The first-order valence-corrected chi connectivity index (χ1v) is 6.49. The number of allylic oxidation sites excluding steroid dienone is 1. The van der Waals surface area contributed by atoms with Gasteiger partial charge in [0.1, 0.15) is 11.5 Å². The predicted molar refractivity (Wildman–Crippen MR) is 83.9 cm³/mol. The van der Waals surface area contributed by atoms with Gasteiger partial charge in [0.2, 0.25) is 0 Å². The quantitative estimate of drug-likeness (QED) is 0.514. The Hall–Kier alpha value is -2.75. The SMILES string of the molecule is CN(C)c1ccc(C(=O)/C=C\c2cc(O)ccc2O)cc1. The molecule has 4 heteroatoms. The van der Waals surface area contributed by atoms with E-state index in [0.717, 1.165) is 5.69 Å². The van der Waals surface area contributed by atoms with Crippen molar-refractivity contribution in [2.75, 3.05) is 19.0 Å². The minimum atomic E-state index is -0.164. The highest BCUT2D eigenvalue weighted by atomic mass is 16.3. The summed E-state index contributed by atoms with van der Waals surface area (Å²) >= 11 is 0. The van der Waals surface area contributed by atoms with Crippen LogP contribution in [0.1, 0.15) is 15.9 Å². The van der Waals surface area contributed by atoms with Crippen LogP contribution in [0, 0.1) is 0 Å². The van der Waals surface area contributed by atoms with Crippen LogP contribution >= 0.6 is 0 Å². The van der Waals surface area contributed by atoms with Gasteiger partial charge in [0.05, 0.1) is 0 Å². The number of nitrogens with zero attached hydrogens (tertiary/aromatic N) is 1. The molecule has 0 unspecified atom stereocenters. The molecule has 0 saturated carbocycles. The lowest BCUT2D eigenvalue weighted by Crippen LogP contribution is -2.08. The summed E-state index contributed by atoms with van der Waals surface area (Å²) in [5, 5.41) is 19.0. The highest BCUT2D eigenvalue weighted by Crippen LogP contribution is 2.23. The number of ketones is 1. The average Bonchev–Trinajstić information content (AvgIpc) is 2.48. The highest BCUT2D eigenvalue weighted by molar-refractivity contribution is 6.07. The minimum Gasteiger partial charge on any atom is -0.508 e. The monoisotopic (exact) mass is 283 g/mol. The molecule has 0 radical (unpaired) electrons. The molecule has 21 heavy (non-hydrogen) atoms. The van der Waals surface area contributed by atoms with Crippen molar-refractivity contribution < 1.29 is 15.0 Å². The Morgan fingerprint density at radius 3 is 2.33 bits per heavy atom.